The van der Waals surface area contributed by atoms with Gasteiger partial charge in [0.2, 0.25) is 0 Å². The Balaban J connectivity index is 1.57. The molecule has 0 aromatic carbocycles. The van der Waals surface area contributed by atoms with Crippen LogP contribution in [0.2, 0.25) is 0 Å². The van der Waals surface area contributed by atoms with Gasteiger partial charge in [-0.2, -0.15) is 4.39 Å². The van der Waals surface area contributed by atoms with Gasteiger partial charge in [0.1, 0.15) is 5.60 Å². The molecule has 1 unspecified atom stereocenters. The van der Waals surface area contributed by atoms with Crippen molar-refractivity contribution in [2.24, 2.45) is 11.8 Å². The first-order valence-corrected chi connectivity index (χ1v) is 12.1. The highest BCUT2D eigenvalue weighted by atomic mass is 32.1. The van der Waals surface area contributed by atoms with Crippen LogP contribution in [0.25, 0.3) is 0 Å². The van der Waals surface area contributed by atoms with Gasteiger partial charge in [0.05, 0.1) is 4.88 Å². The highest BCUT2D eigenvalue weighted by Crippen LogP contribution is 2.32. The Bertz CT molecular complexity index is 716. The number of halogens is 1. The van der Waals surface area contributed by atoms with Crippen molar-refractivity contribution in [3.8, 4) is 0 Å². The van der Waals surface area contributed by atoms with Crippen molar-refractivity contribution in [3.05, 3.63) is 22.1 Å². The van der Waals surface area contributed by atoms with Crippen LogP contribution in [0.1, 0.15) is 81.8 Å². The van der Waals surface area contributed by atoms with E-state index in [2.05, 4.69) is 5.32 Å². The lowest BCUT2D eigenvalue weighted by Gasteiger charge is -2.37. The smallest absolute Gasteiger partial charge is 0.410 e. The normalized spacial score (nSPS) is 20.1. The van der Waals surface area contributed by atoms with Gasteiger partial charge in [-0.1, -0.05) is 19.3 Å². The van der Waals surface area contributed by atoms with Crippen LogP contribution in [0.5, 0.6) is 0 Å². The molecule has 2 fully saturated rings. The molecule has 1 aliphatic carbocycles. The lowest BCUT2D eigenvalue weighted by molar-refractivity contribution is 0.0174. The number of rotatable bonds is 5. The minimum absolute atomic E-state index is 0.112. The number of nitrogens with one attached hydrogen (secondary N) is 1. The lowest BCUT2D eigenvalue weighted by Crippen LogP contribution is -2.45. The molecule has 1 aromatic heterocycles. The molecule has 3 rings (SSSR count). The third-order valence-corrected chi connectivity index (χ3v) is 7.06. The van der Waals surface area contributed by atoms with Crippen LogP contribution in [0.15, 0.2) is 12.1 Å². The molecule has 0 radical (unpaired) electrons. The number of carbonyl (C=O) groups is 2. The molecule has 1 N–H and O–H groups in total. The fraction of sp³-hybridized carbons (Fsp3) is 0.739. The molecular formula is C23H35FN2O3S. The Hall–Kier alpha value is -1.63. The SMILES string of the molecule is CC(C)(C)OC(=O)N1CCC(CC(NC(=O)c2ccc(F)s2)C2CCCCC2)CC1. The van der Waals surface area contributed by atoms with E-state index in [1.807, 2.05) is 20.8 Å². The third kappa shape index (κ3) is 6.69. The Kier molecular flexibility index (Phi) is 7.77. The van der Waals surface area contributed by atoms with Crippen molar-refractivity contribution in [1.82, 2.24) is 10.2 Å². The van der Waals surface area contributed by atoms with Crippen molar-refractivity contribution in [2.75, 3.05) is 13.1 Å². The van der Waals surface area contributed by atoms with Crippen molar-refractivity contribution in [2.45, 2.75) is 83.8 Å². The highest BCUT2D eigenvalue weighted by molar-refractivity contribution is 7.12. The Morgan fingerprint density at radius 1 is 1.17 bits per heavy atom. The molecule has 0 bridgehead atoms. The second kappa shape index (κ2) is 10.1. The lowest BCUT2D eigenvalue weighted by atomic mass is 9.78. The van der Waals surface area contributed by atoms with E-state index in [0.29, 0.717) is 29.8 Å². The van der Waals surface area contributed by atoms with Crippen LogP contribution in [-0.4, -0.2) is 41.6 Å². The van der Waals surface area contributed by atoms with Crippen LogP contribution in [-0.2, 0) is 4.74 Å². The highest BCUT2D eigenvalue weighted by Gasteiger charge is 2.32. The molecule has 2 aliphatic rings. The maximum absolute atomic E-state index is 13.4. The number of amides is 2. The third-order valence-electron chi connectivity index (χ3n) is 6.19. The molecule has 1 saturated carbocycles. The molecule has 5 nitrogen and oxygen atoms in total. The molecule has 1 atom stereocenters. The van der Waals surface area contributed by atoms with Gasteiger partial charge in [-0.05, 0) is 76.8 Å². The molecular weight excluding hydrogens is 403 g/mol. The van der Waals surface area contributed by atoms with Crippen LogP contribution in [0.3, 0.4) is 0 Å². The van der Waals surface area contributed by atoms with Crippen molar-refractivity contribution < 1.29 is 18.7 Å². The number of hydrogen-bond donors (Lipinski definition) is 1. The van der Waals surface area contributed by atoms with E-state index >= 15 is 0 Å². The van der Waals surface area contributed by atoms with E-state index in [1.165, 1.54) is 25.3 Å². The molecule has 1 saturated heterocycles. The molecule has 30 heavy (non-hydrogen) atoms. The van der Waals surface area contributed by atoms with Gasteiger partial charge in [-0.25, -0.2) is 4.79 Å². The summed E-state index contributed by atoms with van der Waals surface area (Å²) in [5.41, 5.74) is -0.481. The van der Waals surface area contributed by atoms with E-state index in [0.717, 1.165) is 43.4 Å². The summed E-state index contributed by atoms with van der Waals surface area (Å²) in [6.45, 7) is 7.04. The molecule has 7 heteroatoms. The van der Waals surface area contributed by atoms with Crippen molar-refractivity contribution >= 4 is 23.3 Å². The number of piperidine rings is 1. The molecule has 2 heterocycles. The topological polar surface area (TPSA) is 58.6 Å². The van der Waals surface area contributed by atoms with E-state index in [4.69, 9.17) is 4.74 Å². The first-order valence-electron chi connectivity index (χ1n) is 11.3. The molecule has 168 valence electrons. The van der Waals surface area contributed by atoms with Crippen molar-refractivity contribution in [3.63, 3.8) is 0 Å². The molecule has 1 aliphatic heterocycles. The number of ether oxygens (including phenoxy) is 1. The quantitative estimate of drug-likeness (QED) is 0.651. The first kappa shape index (κ1) is 23.0. The first-order chi connectivity index (χ1) is 14.2. The summed E-state index contributed by atoms with van der Waals surface area (Å²) >= 11 is 0.902. The number of likely N-dealkylation sites (tertiary alicyclic amines) is 1. The minimum atomic E-state index is -0.481. The van der Waals surface area contributed by atoms with E-state index < -0.39 is 5.60 Å². The zero-order valence-electron chi connectivity index (χ0n) is 18.4. The van der Waals surface area contributed by atoms with E-state index in [-0.39, 0.29) is 23.2 Å². The van der Waals surface area contributed by atoms with Gasteiger partial charge in [0.25, 0.3) is 5.91 Å². The van der Waals surface area contributed by atoms with Crippen molar-refractivity contribution in [1.29, 1.82) is 0 Å². The Morgan fingerprint density at radius 2 is 1.83 bits per heavy atom. The maximum atomic E-state index is 13.4. The zero-order valence-corrected chi connectivity index (χ0v) is 19.2. The standard InChI is InChI=1S/C23H35FN2O3S/c1-23(2,3)29-22(28)26-13-11-16(12-14-26)15-18(17-7-5-4-6-8-17)25-21(27)19-9-10-20(24)30-19/h9-10,16-18H,4-8,11-15H2,1-3H3,(H,25,27). The summed E-state index contributed by atoms with van der Waals surface area (Å²) in [5, 5.41) is 2.90. The minimum Gasteiger partial charge on any atom is -0.444 e. The van der Waals surface area contributed by atoms with Gasteiger partial charge in [0.15, 0.2) is 5.13 Å². The van der Waals surface area contributed by atoms with Gasteiger partial charge >= 0.3 is 6.09 Å². The van der Waals surface area contributed by atoms with Gasteiger partial charge in [-0.3, -0.25) is 4.79 Å². The fourth-order valence-electron chi connectivity index (χ4n) is 4.62. The summed E-state index contributed by atoms with van der Waals surface area (Å²) in [4.78, 5) is 27.2. The number of hydrogen-bond acceptors (Lipinski definition) is 4. The van der Waals surface area contributed by atoms with Crippen LogP contribution < -0.4 is 5.32 Å². The van der Waals surface area contributed by atoms with Gasteiger partial charge in [-0.15, -0.1) is 11.3 Å². The van der Waals surface area contributed by atoms with Gasteiger partial charge in [0, 0.05) is 19.1 Å². The van der Waals surface area contributed by atoms with Crippen LogP contribution in [0, 0.1) is 17.0 Å². The largest absolute Gasteiger partial charge is 0.444 e. The fourth-order valence-corrected chi connectivity index (χ4v) is 5.25. The van der Waals surface area contributed by atoms with E-state index in [9.17, 15) is 14.0 Å². The maximum Gasteiger partial charge on any atom is 0.410 e. The Labute approximate surface area is 183 Å². The van der Waals surface area contributed by atoms with E-state index in [1.54, 1.807) is 11.0 Å². The summed E-state index contributed by atoms with van der Waals surface area (Å²) in [5.74, 6) is 0.790. The number of carbonyl (C=O) groups excluding carboxylic acids is 2. The second-order valence-corrected chi connectivity index (χ2v) is 10.8. The summed E-state index contributed by atoms with van der Waals surface area (Å²) in [6.07, 6.45) is 8.49. The number of nitrogens with zero attached hydrogens (tertiary/aromatic N) is 1. The predicted octanol–water partition coefficient (Wildman–Crippen LogP) is 5.60. The zero-order chi connectivity index (χ0) is 21.7. The predicted molar refractivity (Wildman–Crippen MR) is 117 cm³/mol. The number of thiophene rings is 1. The molecule has 0 spiro atoms. The Morgan fingerprint density at radius 3 is 2.40 bits per heavy atom. The second-order valence-electron chi connectivity index (χ2n) is 9.73. The van der Waals surface area contributed by atoms with Crippen LogP contribution >= 0.6 is 11.3 Å². The van der Waals surface area contributed by atoms with Crippen LogP contribution in [0.4, 0.5) is 9.18 Å². The molecule has 2 amide bonds. The summed E-state index contributed by atoms with van der Waals surface area (Å²) in [7, 11) is 0. The summed E-state index contributed by atoms with van der Waals surface area (Å²) in [6, 6.07) is 3.02. The molecule has 1 aromatic rings. The average Bonchev–Trinajstić information content (AvgIpc) is 3.14. The monoisotopic (exact) mass is 438 g/mol. The average molecular weight is 439 g/mol. The summed E-state index contributed by atoms with van der Waals surface area (Å²) < 4.78 is 18.8. The van der Waals surface area contributed by atoms with Gasteiger partial charge < -0.3 is 15.0 Å².